The van der Waals surface area contributed by atoms with E-state index in [1.54, 1.807) is 0 Å². The minimum atomic E-state index is -4.39. The first-order valence-corrected chi connectivity index (χ1v) is 20.5. The molecular weight excluding hydrogens is 605 g/mol. The number of aliphatic hydroxyl groups is 1. The summed E-state index contributed by atoms with van der Waals surface area (Å²) in [5.41, 5.74) is 0. The van der Waals surface area contributed by atoms with Crippen LogP contribution in [0.25, 0.3) is 0 Å². The molecule has 0 bridgehead atoms. The maximum absolute atomic E-state index is 12.0. The number of nitrogens with one attached hydrogen (secondary N) is 1. The average molecular weight is 678 g/mol. The molecule has 0 fully saturated rings. The van der Waals surface area contributed by atoms with E-state index in [1.165, 1.54) is 109 Å². The molecule has 0 heterocycles. The fourth-order valence-electron chi connectivity index (χ4n) is 5.38. The van der Waals surface area contributed by atoms with E-state index in [0.29, 0.717) is 12.8 Å². The van der Waals surface area contributed by atoms with Gasteiger partial charge in [0.2, 0.25) is 5.91 Å². The molecule has 46 heavy (non-hydrogen) atoms. The predicted molar refractivity (Wildman–Crippen MR) is 188 cm³/mol. The number of phosphoric acid groups is 1. The minimum absolute atomic E-state index is 0.0847. The Morgan fingerprint density at radius 3 is 1.41 bits per heavy atom. The van der Waals surface area contributed by atoms with Gasteiger partial charge in [0, 0.05) is 19.4 Å². The molecule has 0 rings (SSSR count). The van der Waals surface area contributed by atoms with Gasteiger partial charge in [0.1, 0.15) is 12.7 Å². The lowest BCUT2D eigenvalue weighted by Crippen LogP contribution is -2.27. The van der Waals surface area contributed by atoms with Crippen LogP contribution in [0.2, 0.25) is 0 Å². The van der Waals surface area contributed by atoms with Crippen LogP contribution in [-0.2, 0) is 27.9 Å². The summed E-state index contributed by atoms with van der Waals surface area (Å²) < 4.78 is 26.6. The van der Waals surface area contributed by atoms with Crippen LogP contribution in [0.1, 0.15) is 187 Å². The maximum Gasteiger partial charge on any atom is 0.472 e. The van der Waals surface area contributed by atoms with E-state index in [9.17, 15) is 24.2 Å². The molecule has 0 aromatic carbocycles. The number of carbonyl (C=O) groups excluding carboxylic acids is 2. The third-order valence-electron chi connectivity index (χ3n) is 8.29. The molecule has 0 saturated carbocycles. The molecule has 0 aliphatic heterocycles. The van der Waals surface area contributed by atoms with Crippen molar-refractivity contribution in [3.8, 4) is 0 Å². The Morgan fingerprint density at radius 1 is 0.587 bits per heavy atom. The fraction of sp³-hybridized carbons (Fsp3) is 0.944. The van der Waals surface area contributed by atoms with Gasteiger partial charge in [-0.1, -0.05) is 162 Å². The van der Waals surface area contributed by atoms with E-state index in [0.717, 1.165) is 51.4 Å². The molecule has 2 atom stereocenters. The van der Waals surface area contributed by atoms with Crippen molar-refractivity contribution in [1.82, 2.24) is 5.32 Å². The Balaban J connectivity index is 3.51. The predicted octanol–water partition coefficient (Wildman–Crippen LogP) is 9.71. The first-order chi connectivity index (χ1) is 22.3. The molecule has 0 aliphatic carbocycles. The molecule has 0 aromatic rings. The monoisotopic (exact) mass is 677 g/mol. The first kappa shape index (κ1) is 45.0. The van der Waals surface area contributed by atoms with Crippen LogP contribution in [-0.4, -0.2) is 54.3 Å². The van der Waals surface area contributed by atoms with Crippen LogP contribution in [0, 0.1) is 0 Å². The fourth-order valence-corrected chi connectivity index (χ4v) is 6.14. The van der Waals surface area contributed by atoms with Gasteiger partial charge in [-0.2, -0.15) is 0 Å². The highest BCUT2D eigenvalue weighted by Gasteiger charge is 2.23. The highest BCUT2D eigenvalue weighted by atomic mass is 31.2. The van der Waals surface area contributed by atoms with Gasteiger partial charge < -0.3 is 20.1 Å². The van der Waals surface area contributed by atoms with Crippen molar-refractivity contribution in [3.63, 3.8) is 0 Å². The van der Waals surface area contributed by atoms with Crippen molar-refractivity contribution in [2.75, 3.05) is 26.4 Å². The van der Waals surface area contributed by atoms with Crippen LogP contribution in [0.4, 0.5) is 0 Å². The standard InChI is InChI=1S/C36H72NO8P/c1-3-5-7-9-10-11-12-13-14-15-16-17-18-19-20-21-22-23-25-27-29-36(40)43-32-34(38)33-45-46(41,42)44-31-30-37-35(39)28-26-24-8-6-4-2/h34,38H,3-33H2,1-2H3,(H,37,39)(H,41,42). The Hall–Kier alpha value is -0.990. The largest absolute Gasteiger partial charge is 0.472 e. The molecular formula is C36H72NO8P. The van der Waals surface area contributed by atoms with Crippen molar-refractivity contribution in [2.45, 2.75) is 193 Å². The summed E-state index contributed by atoms with van der Waals surface area (Å²) in [6, 6.07) is 0. The van der Waals surface area contributed by atoms with Crippen LogP contribution >= 0.6 is 7.82 Å². The van der Waals surface area contributed by atoms with E-state index in [-0.39, 0.29) is 25.7 Å². The number of ether oxygens (including phenoxy) is 1. The third-order valence-corrected chi connectivity index (χ3v) is 9.27. The lowest BCUT2D eigenvalue weighted by molar-refractivity contribution is -0.147. The Kier molecular flexibility index (Phi) is 33.2. The topological polar surface area (TPSA) is 131 Å². The van der Waals surface area contributed by atoms with Crippen LogP contribution in [0.3, 0.4) is 0 Å². The molecule has 0 aromatic heterocycles. The van der Waals surface area contributed by atoms with E-state index >= 15 is 0 Å². The van der Waals surface area contributed by atoms with Crippen molar-refractivity contribution < 1.29 is 37.9 Å². The number of amides is 1. The highest BCUT2D eigenvalue weighted by molar-refractivity contribution is 7.47. The number of hydrogen-bond donors (Lipinski definition) is 3. The summed E-state index contributed by atoms with van der Waals surface area (Å²) in [6.07, 6.45) is 30.8. The van der Waals surface area contributed by atoms with Crippen molar-refractivity contribution in [3.05, 3.63) is 0 Å². The minimum Gasteiger partial charge on any atom is -0.463 e. The quantitative estimate of drug-likeness (QED) is 0.0339. The molecule has 1 amide bonds. The number of carbonyl (C=O) groups is 2. The van der Waals surface area contributed by atoms with Gasteiger partial charge in [0.15, 0.2) is 0 Å². The van der Waals surface area contributed by atoms with Crippen LogP contribution in [0.5, 0.6) is 0 Å². The summed E-state index contributed by atoms with van der Waals surface area (Å²) in [5, 5.41) is 12.6. The van der Waals surface area contributed by atoms with Crippen LogP contribution < -0.4 is 5.32 Å². The van der Waals surface area contributed by atoms with Gasteiger partial charge in [-0.3, -0.25) is 18.6 Å². The average Bonchev–Trinajstić information content (AvgIpc) is 3.04. The molecule has 274 valence electrons. The van der Waals surface area contributed by atoms with Gasteiger partial charge in [-0.15, -0.1) is 0 Å². The number of hydrogen-bond acceptors (Lipinski definition) is 7. The zero-order valence-corrected chi connectivity index (χ0v) is 30.7. The number of phosphoric ester groups is 1. The van der Waals surface area contributed by atoms with E-state index in [2.05, 4.69) is 19.2 Å². The molecule has 0 aliphatic rings. The van der Waals surface area contributed by atoms with Gasteiger partial charge in [-0.05, 0) is 12.8 Å². The Bertz CT molecular complexity index is 739. The zero-order valence-electron chi connectivity index (χ0n) is 29.8. The smallest absolute Gasteiger partial charge is 0.463 e. The van der Waals surface area contributed by atoms with Crippen molar-refractivity contribution >= 4 is 19.7 Å². The van der Waals surface area contributed by atoms with Gasteiger partial charge in [-0.25, -0.2) is 4.57 Å². The zero-order chi connectivity index (χ0) is 34.0. The molecule has 0 spiro atoms. The van der Waals surface area contributed by atoms with Gasteiger partial charge in [0.25, 0.3) is 0 Å². The number of esters is 1. The maximum atomic E-state index is 12.0. The molecule has 0 radical (unpaired) electrons. The first-order valence-electron chi connectivity index (χ1n) is 19.0. The lowest BCUT2D eigenvalue weighted by Gasteiger charge is -2.15. The molecule has 2 unspecified atom stereocenters. The molecule has 3 N–H and O–H groups in total. The summed E-state index contributed by atoms with van der Waals surface area (Å²) in [6.45, 7) is 3.48. The van der Waals surface area contributed by atoms with Gasteiger partial charge in [0.05, 0.1) is 13.2 Å². The van der Waals surface area contributed by atoms with Crippen molar-refractivity contribution in [2.24, 2.45) is 0 Å². The van der Waals surface area contributed by atoms with Gasteiger partial charge >= 0.3 is 13.8 Å². The summed E-state index contributed by atoms with van der Waals surface area (Å²) >= 11 is 0. The molecule has 0 saturated heterocycles. The third kappa shape index (κ3) is 34.3. The van der Waals surface area contributed by atoms with E-state index in [1.807, 2.05) is 0 Å². The second-order valence-electron chi connectivity index (χ2n) is 12.9. The summed E-state index contributed by atoms with van der Waals surface area (Å²) in [5.74, 6) is -0.521. The normalized spacial score (nSPS) is 13.4. The van der Waals surface area contributed by atoms with E-state index < -0.39 is 26.5 Å². The van der Waals surface area contributed by atoms with Crippen LogP contribution in [0.15, 0.2) is 0 Å². The summed E-state index contributed by atoms with van der Waals surface area (Å²) in [4.78, 5) is 33.5. The molecule has 10 heteroatoms. The highest BCUT2D eigenvalue weighted by Crippen LogP contribution is 2.42. The lowest BCUT2D eigenvalue weighted by atomic mass is 10.0. The number of unbranched alkanes of at least 4 members (excludes halogenated alkanes) is 23. The number of aliphatic hydroxyl groups excluding tert-OH is 1. The van der Waals surface area contributed by atoms with E-state index in [4.69, 9.17) is 13.8 Å². The Labute approximate surface area is 282 Å². The second-order valence-corrected chi connectivity index (χ2v) is 14.4. The van der Waals surface area contributed by atoms with Crippen molar-refractivity contribution in [1.29, 1.82) is 0 Å². The second kappa shape index (κ2) is 33.9. The Morgan fingerprint density at radius 2 is 0.978 bits per heavy atom. The summed E-state index contributed by atoms with van der Waals surface area (Å²) in [7, 11) is -4.39. The SMILES string of the molecule is CCCCCCCCCCCCCCCCCCCCCCC(=O)OCC(O)COP(=O)(O)OCCNC(=O)CCCCCCC. The number of rotatable bonds is 36. The molecule has 9 nitrogen and oxygen atoms in total.